The van der Waals surface area contributed by atoms with Crippen molar-refractivity contribution in [3.63, 3.8) is 0 Å². The lowest BCUT2D eigenvalue weighted by Gasteiger charge is -2.15. The van der Waals surface area contributed by atoms with Crippen molar-refractivity contribution in [2.24, 2.45) is 0 Å². The Balaban J connectivity index is 2.12. The molecule has 0 aromatic carbocycles. The lowest BCUT2D eigenvalue weighted by Crippen LogP contribution is -2.31. The van der Waals surface area contributed by atoms with Crippen LogP contribution in [0.4, 0.5) is 0 Å². The Hall–Kier alpha value is -0.0800. The quantitative estimate of drug-likeness (QED) is 0.432. The Labute approximate surface area is 43.5 Å². The fourth-order valence-electron chi connectivity index (χ4n) is 0.689. The maximum atomic E-state index is 8.81. The van der Waals surface area contributed by atoms with Crippen LogP contribution in [0.15, 0.2) is 0 Å². The van der Waals surface area contributed by atoms with Crippen molar-refractivity contribution in [1.29, 1.82) is 0 Å². The molecule has 0 bridgehead atoms. The van der Waals surface area contributed by atoms with Gasteiger partial charge in [0.05, 0.1) is 6.10 Å². The lowest BCUT2D eigenvalue weighted by molar-refractivity contribution is 0.180. The molecular formula is C5H10NO. The van der Waals surface area contributed by atoms with E-state index < -0.39 is 0 Å². The van der Waals surface area contributed by atoms with Gasteiger partial charge in [0, 0.05) is 13.0 Å². The Morgan fingerprint density at radius 2 is 2.57 bits per heavy atom. The van der Waals surface area contributed by atoms with Gasteiger partial charge in [-0.2, -0.15) is 0 Å². The second-order valence-electron chi connectivity index (χ2n) is 1.80. The van der Waals surface area contributed by atoms with E-state index in [2.05, 4.69) is 5.32 Å². The van der Waals surface area contributed by atoms with E-state index in [-0.39, 0.29) is 6.10 Å². The fraction of sp³-hybridized carbons (Fsp3) is 0.800. The Morgan fingerprint density at radius 3 is 2.86 bits per heavy atom. The normalized spacial score (nSPS) is 25.3. The molecule has 1 aliphatic rings. The Kier molecular flexibility index (Phi) is 1.65. The van der Waals surface area contributed by atoms with Gasteiger partial charge in [0.15, 0.2) is 0 Å². The van der Waals surface area contributed by atoms with Crippen molar-refractivity contribution in [3.8, 4) is 0 Å². The number of piperidine rings is 1. The first-order valence-corrected chi connectivity index (χ1v) is 2.62. The summed E-state index contributed by atoms with van der Waals surface area (Å²) in [6.07, 6.45) is 2.60. The van der Waals surface area contributed by atoms with E-state index in [4.69, 9.17) is 5.11 Å². The second kappa shape index (κ2) is 2.28. The van der Waals surface area contributed by atoms with Gasteiger partial charge < -0.3 is 10.4 Å². The second-order valence-corrected chi connectivity index (χ2v) is 1.80. The summed E-state index contributed by atoms with van der Waals surface area (Å²) in [5.41, 5.74) is 0. The highest BCUT2D eigenvalue weighted by molar-refractivity contribution is 4.82. The lowest BCUT2D eigenvalue weighted by atomic mass is 10.1. The van der Waals surface area contributed by atoms with Gasteiger partial charge in [0.25, 0.3) is 0 Å². The van der Waals surface area contributed by atoms with Crippen LogP contribution in [0.3, 0.4) is 0 Å². The van der Waals surface area contributed by atoms with Crippen LogP contribution >= 0.6 is 0 Å². The predicted octanol–water partition coefficient (Wildman–Crippen LogP) is -0.455. The van der Waals surface area contributed by atoms with Gasteiger partial charge in [0.2, 0.25) is 0 Å². The first-order chi connectivity index (χ1) is 3.39. The highest BCUT2D eigenvalue weighted by Gasteiger charge is 2.07. The van der Waals surface area contributed by atoms with Gasteiger partial charge in [-0.1, -0.05) is 0 Å². The molecule has 0 amide bonds. The van der Waals surface area contributed by atoms with Gasteiger partial charge in [0.1, 0.15) is 0 Å². The summed E-state index contributed by atoms with van der Waals surface area (Å²) < 4.78 is 0. The van der Waals surface area contributed by atoms with E-state index in [1.54, 1.807) is 0 Å². The summed E-state index contributed by atoms with van der Waals surface area (Å²) in [5.74, 6) is 0. The van der Waals surface area contributed by atoms with Gasteiger partial charge in [-0.25, -0.2) is 0 Å². The molecule has 0 aromatic heterocycles. The Morgan fingerprint density at radius 1 is 1.71 bits per heavy atom. The summed E-state index contributed by atoms with van der Waals surface area (Å²) in [5, 5.41) is 11.9. The minimum absolute atomic E-state index is 0.152. The van der Waals surface area contributed by atoms with Crippen LogP contribution in [-0.2, 0) is 0 Å². The summed E-state index contributed by atoms with van der Waals surface area (Å²) in [6, 6.07) is 0. The standard InChI is InChI=1S/C5H10NO/c7-5-1-3-6-4-2-5/h1,5-7H,2-4H2/t5-/m1/s1. The van der Waals surface area contributed by atoms with Gasteiger partial charge in [-0.3, -0.25) is 0 Å². The smallest absolute Gasteiger partial charge is 0.0596 e. The molecule has 1 saturated heterocycles. The summed E-state index contributed by atoms with van der Waals surface area (Å²) in [6.45, 7) is 1.82. The zero-order valence-electron chi connectivity index (χ0n) is 4.22. The molecule has 0 unspecified atom stereocenters. The highest BCUT2D eigenvalue weighted by Crippen LogP contribution is 1.97. The van der Waals surface area contributed by atoms with E-state index in [1.165, 1.54) is 0 Å². The first kappa shape index (κ1) is 5.06. The number of hydrogen-bond acceptors (Lipinski definition) is 2. The van der Waals surface area contributed by atoms with Crippen molar-refractivity contribution < 1.29 is 5.11 Å². The fourth-order valence-corrected chi connectivity index (χ4v) is 0.689. The molecule has 0 spiro atoms. The summed E-state index contributed by atoms with van der Waals surface area (Å²) in [4.78, 5) is 0. The summed E-state index contributed by atoms with van der Waals surface area (Å²) in [7, 11) is 0. The van der Waals surface area contributed by atoms with Crippen LogP contribution in [-0.4, -0.2) is 24.3 Å². The van der Waals surface area contributed by atoms with Gasteiger partial charge in [-0.05, 0) is 13.0 Å². The van der Waals surface area contributed by atoms with Crippen LogP contribution in [0.5, 0.6) is 0 Å². The third-order valence-electron chi connectivity index (χ3n) is 1.15. The van der Waals surface area contributed by atoms with Crippen LogP contribution in [0, 0.1) is 6.42 Å². The number of nitrogens with one attached hydrogen (secondary N) is 1. The molecule has 1 radical (unpaired) electrons. The van der Waals surface area contributed by atoms with E-state index in [9.17, 15) is 0 Å². The van der Waals surface area contributed by atoms with E-state index in [1.807, 2.05) is 6.42 Å². The molecule has 41 valence electrons. The van der Waals surface area contributed by atoms with Crippen molar-refractivity contribution in [1.82, 2.24) is 5.32 Å². The van der Waals surface area contributed by atoms with Crippen LogP contribution in [0.25, 0.3) is 0 Å². The topological polar surface area (TPSA) is 32.3 Å². The highest BCUT2D eigenvalue weighted by atomic mass is 16.3. The molecule has 1 aliphatic heterocycles. The predicted molar refractivity (Wildman–Crippen MR) is 27.8 cm³/mol. The van der Waals surface area contributed by atoms with Gasteiger partial charge in [-0.15, -0.1) is 0 Å². The van der Waals surface area contributed by atoms with E-state index >= 15 is 0 Å². The average molecular weight is 100 g/mol. The molecule has 1 fully saturated rings. The first-order valence-electron chi connectivity index (χ1n) is 2.62. The largest absolute Gasteiger partial charge is 0.393 e. The molecule has 2 N–H and O–H groups in total. The number of aliphatic hydroxyl groups excluding tert-OH is 1. The number of aliphatic hydroxyl groups is 1. The minimum atomic E-state index is -0.152. The van der Waals surface area contributed by atoms with Crippen molar-refractivity contribution in [2.45, 2.75) is 12.5 Å². The van der Waals surface area contributed by atoms with Crippen LogP contribution < -0.4 is 5.32 Å². The number of rotatable bonds is 0. The molecule has 2 heteroatoms. The molecule has 0 saturated carbocycles. The molecule has 7 heavy (non-hydrogen) atoms. The van der Waals surface area contributed by atoms with E-state index in [0.29, 0.717) is 0 Å². The average Bonchev–Trinajstić information content (AvgIpc) is 1.69. The third kappa shape index (κ3) is 1.45. The molecule has 1 atom stereocenters. The van der Waals surface area contributed by atoms with Gasteiger partial charge >= 0.3 is 0 Å². The molecule has 2 nitrogen and oxygen atoms in total. The molecular weight excluding hydrogens is 90.1 g/mol. The number of hydrogen-bond donors (Lipinski definition) is 2. The molecule has 0 aliphatic carbocycles. The SMILES string of the molecule is O[C@@H]1[CH]CNCC1. The zero-order chi connectivity index (χ0) is 5.11. The molecule has 1 heterocycles. The summed E-state index contributed by atoms with van der Waals surface area (Å²) >= 11 is 0. The monoisotopic (exact) mass is 100 g/mol. The van der Waals surface area contributed by atoms with E-state index in [0.717, 1.165) is 19.5 Å². The zero-order valence-corrected chi connectivity index (χ0v) is 4.22. The maximum Gasteiger partial charge on any atom is 0.0596 e. The van der Waals surface area contributed by atoms with Crippen molar-refractivity contribution >= 4 is 0 Å². The maximum absolute atomic E-state index is 8.81. The van der Waals surface area contributed by atoms with Crippen LogP contribution in [0.2, 0.25) is 0 Å². The third-order valence-corrected chi connectivity index (χ3v) is 1.15. The minimum Gasteiger partial charge on any atom is -0.393 e. The van der Waals surface area contributed by atoms with Crippen molar-refractivity contribution in [2.75, 3.05) is 13.1 Å². The Bertz CT molecular complexity index is 50.0. The molecule has 0 aromatic rings. The van der Waals surface area contributed by atoms with Crippen molar-refractivity contribution in [3.05, 3.63) is 6.42 Å². The van der Waals surface area contributed by atoms with Crippen LogP contribution in [0.1, 0.15) is 6.42 Å². The molecule has 1 rings (SSSR count).